The number of hydrogen-bond donors (Lipinski definition) is 3. The minimum Gasteiger partial charge on any atom is -0.492 e. The van der Waals surface area contributed by atoms with Crippen molar-refractivity contribution in [2.24, 2.45) is 0 Å². The maximum absolute atomic E-state index is 11.7. The van der Waals surface area contributed by atoms with Gasteiger partial charge in [-0.3, -0.25) is 0 Å². The minimum absolute atomic E-state index is 0.0415. The Balaban J connectivity index is 2.25. The van der Waals surface area contributed by atoms with Crippen LogP contribution in [0.4, 0.5) is 5.69 Å². The molecule has 1 unspecified atom stereocenters. The molecule has 0 aliphatic carbocycles. The molecular weight excluding hydrogens is 296 g/mol. The van der Waals surface area contributed by atoms with E-state index in [2.05, 4.69) is 4.72 Å². The van der Waals surface area contributed by atoms with Crippen LogP contribution in [-0.4, -0.2) is 52.2 Å². The van der Waals surface area contributed by atoms with Crippen LogP contribution in [0.1, 0.15) is 6.42 Å². The summed E-state index contributed by atoms with van der Waals surface area (Å²) in [6, 6.07) is 6.71. The molecule has 1 aromatic carbocycles. The van der Waals surface area contributed by atoms with E-state index in [9.17, 15) is 13.5 Å². The van der Waals surface area contributed by atoms with Gasteiger partial charge in [0.25, 0.3) is 0 Å². The van der Waals surface area contributed by atoms with Crippen molar-refractivity contribution in [1.29, 1.82) is 0 Å². The molecule has 0 saturated carbocycles. The first-order valence-electron chi connectivity index (χ1n) is 6.55. The van der Waals surface area contributed by atoms with E-state index in [4.69, 9.17) is 15.2 Å². The lowest BCUT2D eigenvalue weighted by Gasteiger charge is -2.11. The number of sulfonamides is 1. The predicted molar refractivity (Wildman–Crippen MR) is 80.6 cm³/mol. The number of nitrogens with two attached hydrogens (primary N) is 1. The molecule has 0 fully saturated rings. The number of rotatable bonds is 10. The summed E-state index contributed by atoms with van der Waals surface area (Å²) in [5.41, 5.74) is 6.15. The molecule has 1 rings (SSSR count). The minimum atomic E-state index is -3.42. The number of ether oxygens (including phenoxy) is 2. The first-order valence-corrected chi connectivity index (χ1v) is 8.21. The van der Waals surface area contributed by atoms with Crippen LogP contribution in [-0.2, 0) is 14.8 Å². The van der Waals surface area contributed by atoms with Crippen LogP contribution in [0.15, 0.2) is 24.3 Å². The van der Waals surface area contributed by atoms with Crippen LogP contribution in [0.5, 0.6) is 5.75 Å². The Morgan fingerprint density at radius 2 is 2.00 bits per heavy atom. The zero-order chi connectivity index (χ0) is 15.7. The molecule has 0 bridgehead atoms. The highest BCUT2D eigenvalue weighted by molar-refractivity contribution is 7.89. The fraction of sp³-hybridized carbons (Fsp3) is 0.538. The van der Waals surface area contributed by atoms with Crippen LogP contribution < -0.4 is 15.2 Å². The van der Waals surface area contributed by atoms with Crippen molar-refractivity contribution < 1.29 is 23.0 Å². The first-order chi connectivity index (χ1) is 9.93. The van der Waals surface area contributed by atoms with Crippen molar-refractivity contribution in [2.75, 3.05) is 38.4 Å². The third-order valence-corrected chi connectivity index (χ3v) is 4.01. The van der Waals surface area contributed by atoms with Gasteiger partial charge >= 0.3 is 0 Å². The van der Waals surface area contributed by atoms with E-state index in [0.29, 0.717) is 17.9 Å². The van der Waals surface area contributed by atoms with Crippen LogP contribution >= 0.6 is 0 Å². The quantitative estimate of drug-likeness (QED) is 0.522. The Hall–Kier alpha value is -1.35. The van der Waals surface area contributed by atoms with Crippen molar-refractivity contribution in [1.82, 2.24) is 4.72 Å². The van der Waals surface area contributed by atoms with Crippen molar-refractivity contribution in [3.63, 3.8) is 0 Å². The van der Waals surface area contributed by atoms with Crippen molar-refractivity contribution in [3.8, 4) is 5.75 Å². The number of aliphatic hydroxyl groups is 1. The van der Waals surface area contributed by atoms with Crippen LogP contribution in [0.3, 0.4) is 0 Å². The highest BCUT2D eigenvalue weighted by Gasteiger charge is 2.11. The van der Waals surface area contributed by atoms with Gasteiger partial charge in [0.2, 0.25) is 10.0 Å². The summed E-state index contributed by atoms with van der Waals surface area (Å²) in [6.07, 6.45) is -0.380. The van der Waals surface area contributed by atoms with Crippen LogP contribution in [0.25, 0.3) is 0 Å². The summed E-state index contributed by atoms with van der Waals surface area (Å²) in [7, 11) is -1.95. The molecule has 0 radical (unpaired) electrons. The number of methoxy groups -OCH3 is 1. The second kappa shape index (κ2) is 8.83. The van der Waals surface area contributed by atoms with Gasteiger partial charge in [0.15, 0.2) is 0 Å². The number of hydrogen-bond acceptors (Lipinski definition) is 6. The summed E-state index contributed by atoms with van der Waals surface area (Å²) < 4.78 is 35.9. The van der Waals surface area contributed by atoms with E-state index in [-0.39, 0.29) is 25.5 Å². The smallest absolute Gasteiger partial charge is 0.214 e. The summed E-state index contributed by atoms with van der Waals surface area (Å²) in [4.78, 5) is 0. The Morgan fingerprint density at radius 3 is 2.62 bits per heavy atom. The zero-order valence-corrected chi connectivity index (χ0v) is 12.8. The Kier molecular flexibility index (Phi) is 7.44. The highest BCUT2D eigenvalue weighted by Crippen LogP contribution is 2.12. The number of anilines is 1. The molecular formula is C13H22N2O5S. The summed E-state index contributed by atoms with van der Waals surface area (Å²) in [6.45, 7) is 0.385. The second-order valence-corrected chi connectivity index (χ2v) is 6.45. The molecule has 0 aromatic heterocycles. The van der Waals surface area contributed by atoms with Crippen LogP contribution in [0, 0.1) is 0 Å². The normalized spacial score (nSPS) is 13.0. The third-order valence-electron chi connectivity index (χ3n) is 2.66. The van der Waals surface area contributed by atoms with Gasteiger partial charge in [-0.25, -0.2) is 13.1 Å². The fourth-order valence-electron chi connectivity index (χ4n) is 1.56. The predicted octanol–water partition coefficient (Wildman–Crippen LogP) is -0.0356. The maximum atomic E-state index is 11.7. The molecule has 0 spiro atoms. The van der Waals surface area contributed by atoms with E-state index in [1.54, 1.807) is 24.3 Å². The molecule has 0 saturated heterocycles. The van der Waals surface area contributed by atoms with Gasteiger partial charge in [-0.05, 0) is 30.7 Å². The largest absolute Gasteiger partial charge is 0.492 e. The molecule has 1 aromatic rings. The first kappa shape index (κ1) is 17.7. The molecule has 0 aliphatic rings. The van der Waals surface area contributed by atoms with Crippen molar-refractivity contribution in [3.05, 3.63) is 24.3 Å². The fourth-order valence-corrected chi connectivity index (χ4v) is 2.44. The Labute approximate surface area is 125 Å². The number of benzene rings is 1. The molecule has 7 nitrogen and oxygen atoms in total. The van der Waals surface area contributed by atoms with E-state index in [1.165, 1.54) is 7.11 Å². The van der Waals surface area contributed by atoms with E-state index >= 15 is 0 Å². The van der Waals surface area contributed by atoms with E-state index < -0.39 is 16.1 Å². The standard InChI is InChI=1S/C13H22N2O5S/c1-19-10-12(16)6-7-15-21(17,18)9-8-20-13-4-2-11(14)3-5-13/h2-5,12,15-16H,6-10,14H2,1H3. The molecule has 0 heterocycles. The Bertz CT molecular complexity index is 504. The van der Waals surface area contributed by atoms with Gasteiger partial charge in [0, 0.05) is 19.3 Å². The van der Waals surface area contributed by atoms with Crippen LogP contribution in [0.2, 0.25) is 0 Å². The van der Waals surface area contributed by atoms with E-state index in [1.807, 2.05) is 0 Å². The highest BCUT2D eigenvalue weighted by atomic mass is 32.2. The molecule has 120 valence electrons. The van der Waals surface area contributed by atoms with Gasteiger partial charge in [-0.15, -0.1) is 0 Å². The van der Waals surface area contributed by atoms with Gasteiger partial charge < -0.3 is 20.3 Å². The topological polar surface area (TPSA) is 111 Å². The Morgan fingerprint density at radius 1 is 1.33 bits per heavy atom. The van der Waals surface area contributed by atoms with Gasteiger partial charge in [0.1, 0.15) is 12.4 Å². The average molecular weight is 318 g/mol. The van der Waals surface area contributed by atoms with Gasteiger partial charge in [0.05, 0.1) is 18.5 Å². The molecule has 4 N–H and O–H groups in total. The maximum Gasteiger partial charge on any atom is 0.214 e. The second-order valence-electron chi connectivity index (χ2n) is 4.53. The average Bonchev–Trinajstić information content (AvgIpc) is 2.41. The number of aliphatic hydroxyl groups excluding tert-OH is 1. The summed E-state index contributed by atoms with van der Waals surface area (Å²) in [5, 5.41) is 9.40. The van der Waals surface area contributed by atoms with E-state index in [0.717, 1.165) is 0 Å². The van der Waals surface area contributed by atoms with Gasteiger partial charge in [-0.1, -0.05) is 0 Å². The SMILES string of the molecule is COCC(O)CCNS(=O)(=O)CCOc1ccc(N)cc1. The lowest BCUT2D eigenvalue weighted by molar-refractivity contribution is 0.0603. The molecule has 1 atom stereocenters. The van der Waals surface area contributed by atoms with Crippen molar-refractivity contribution >= 4 is 15.7 Å². The lowest BCUT2D eigenvalue weighted by atomic mass is 10.3. The summed E-state index contributed by atoms with van der Waals surface area (Å²) in [5.74, 6) is 0.410. The number of nitrogen functional groups attached to an aromatic ring is 1. The zero-order valence-electron chi connectivity index (χ0n) is 12.0. The van der Waals surface area contributed by atoms with Gasteiger partial charge in [-0.2, -0.15) is 0 Å². The molecule has 8 heteroatoms. The molecule has 0 amide bonds. The number of nitrogens with one attached hydrogen (secondary N) is 1. The molecule has 21 heavy (non-hydrogen) atoms. The third kappa shape index (κ3) is 7.86. The summed E-state index contributed by atoms with van der Waals surface area (Å²) >= 11 is 0. The molecule has 0 aliphatic heterocycles. The lowest BCUT2D eigenvalue weighted by Crippen LogP contribution is -2.32. The van der Waals surface area contributed by atoms with Crippen molar-refractivity contribution in [2.45, 2.75) is 12.5 Å². The monoisotopic (exact) mass is 318 g/mol.